The van der Waals surface area contributed by atoms with Gasteiger partial charge in [0.2, 0.25) is 6.71 Å². The SMILES string of the molecule is C=C/C(=C\C)c1cc2c(c(-c3c(-c4ccc(C(C)(C)C)cc4)cccc3-c3ccc(C(C)(C)C)cc3)c1)Nc1cc(NC(/C=C\C)=C(C)C)cc(NC(C=C)CC)c1B2C. The molecule has 5 aromatic carbocycles. The lowest BCUT2D eigenvalue weighted by molar-refractivity contribution is 0.590. The van der Waals surface area contributed by atoms with Crippen LogP contribution in [0, 0.1) is 0 Å². The normalized spacial score (nSPS) is 13.3. The topological polar surface area (TPSA) is 36.1 Å². The molecule has 4 heteroatoms. The molecule has 1 aliphatic heterocycles. The van der Waals surface area contributed by atoms with Gasteiger partial charge in [0.15, 0.2) is 0 Å². The van der Waals surface area contributed by atoms with Crippen molar-refractivity contribution in [3.63, 3.8) is 0 Å². The molecule has 1 atom stereocenters. The summed E-state index contributed by atoms with van der Waals surface area (Å²) >= 11 is 0. The van der Waals surface area contributed by atoms with Gasteiger partial charge in [0, 0.05) is 40.1 Å². The minimum absolute atomic E-state index is 0.0515. The van der Waals surface area contributed by atoms with Crippen molar-refractivity contribution in [2.75, 3.05) is 16.0 Å². The summed E-state index contributed by atoms with van der Waals surface area (Å²) in [4.78, 5) is 0. The maximum atomic E-state index is 4.27. The van der Waals surface area contributed by atoms with Crippen LogP contribution in [0.15, 0.2) is 146 Å². The van der Waals surface area contributed by atoms with E-state index in [0.29, 0.717) is 0 Å². The van der Waals surface area contributed by atoms with Crippen molar-refractivity contribution >= 4 is 46.0 Å². The van der Waals surface area contributed by atoms with E-state index in [-0.39, 0.29) is 23.6 Å². The molecule has 0 spiro atoms. The summed E-state index contributed by atoms with van der Waals surface area (Å²) in [6, 6.07) is 34.7. The second-order valence-electron chi connectivity index (χ2n) is 18.6. The lowest BCUT2D eigenvalue weighted by Gasteiger charge is -2.33. The van der Waals surface area contributed by atoms with Gasteiger partial charge in [-0.2, -0.15) is 0 Å². The molecular weight excluding hydrogens is 725 g/mol. The number of allylic oxidation sites excluding steroid dienone is 6. The van der Waals surface area contributed by atoms with Gasteiger partial charge in [0.05, 0.1) is 0 Å². The quantitative estimate of drug-likeness (QED) is 0.0669. The Labute approximate surface area is 362 Å². The number of benzene rings is 5. The summed E-state index contributed by atoms with van der Waals surface area (Å²) in [6.45, 7) is 35.2. The number of fused-ring (bicyclic) bond motifs is 2. The average Bonchev–Trinajstić information content (AvgIpc) is 3.22. The fourth-order valence-corrected chi connectivity index (χ4v) is 8.42. The molecule has 0 amide bonds. The Balaban J connectivity index is 1.69. The highest BCUT2D eigenvalue weighted by atomic mass is 15.0. The van der Waals surface area contributed by atoms with Gasteiger partial charge in [-0.3, -0.25) is 0 Å². The number of hydrogen-bond acceptors (Lipinski definition) is 3. The summed E-state index contributed by atoms with van der Waals surface area (Å²) in [6.07, 6.45) is 11.3. The van der Waals surface area contributed by atoms with E-state index in [1.54, 1.807) is 0 Å². The van der Waals surface area contributed by atoms with Crippen molar-refractivity contribution < 1.29 is 0 Å². The summed E-state index contributed by atoms with van der Waals surface area (Å²) in [7, 11) is 0. The van der Waals surface area contributed by atoms with Gasteiger partial charge in [-0.1, -0.05) is 170 Å². The van der Waals surface area contributed by atoms with Crippen molar-refractivity contribution in [3.05, 3.63) is 162 Å². The van der Waals surface area contributed by atoms with Crippen LogP contribution in [0.25, 0.3) is 39.0 Å². The van der Waals surface area contributed by atoms with E-state index in [1.807, 2.05) is 12.2 Å². The molecule has 0 bridgehead atoms. The van der Waals surface area contributed by atoms with E-state index in [1.165, 1.54) is 55.4 Å². The Kier molecular flexibility index (Phi) is 13.0. The molecule has 0 radical (unpaired) electrons. The Morgan fingerprint density at radius 3 is 1.83 bits per heavy atom. The first-order valence-corrected chi connectivity index (χ1v) is 21.8. The van der Waals surface area contributed by atoms with Crippen molar-refractivity contribution in [2.24, 2.45) is 0 Å². The lowest BCUT2D eigenvalue weighted by atomic mass is 9.40. The van der Waals surface area contributed by atoms with E-state index >= 15 is 0 Å². The number of anilines is 4. The Hall–Kier alpha value is -5.74. The molecule has 1 unspecified atom stereocenters. The minimum Gasteiger partial charge on any atom is -0.379 e. The average molecular weight is 792 g/mol. The van der Waals surface area contributed by atoms with Crippen LogP contribution in [-0.2, 0) is 10.8 Å². The van der Waals surface area contributed by atoms with Crippen molar-refractivity contribution in [3.8, 4) is 33.4 Å². The highest BCUT2D eigenvalue weighted by Crippen LogP contribution is 2.46. The van der Waals surface area contributed by atoms with Gasteiger partial charge in [0.1, 0.15) is 0 Å². The van der Waals surface area contributed by atoms with Crippen LogP contribution in [-0.4, -0.2) is 12.8 Å². The zero-order valence-electron chi connectivity index (χ0n) is 38.3. The molecule has 1 aliphatic rings. The lowest BCUT2D eigenvalue weighted by Crippen LogP contribution is -2.47. The summed E-state index contributed by atoms with van der Waals surface area (Å²) in [5, 5.41) is 11.7. The summed E-state index contributed by atoms with van der Waals surface area (Å²) in [5.74, 6) is 0. The van der Waals surface area contributed by atoms with Crippen LogP contribution in [0.5, 0.6) is 0 Å². The molecule has 0 saturated carbocycles. The third-order valence-corrected chi connectivity index (χ3v) is 12.0. The van der Waals surface area contributed by atoms with Crippen LogP contribution in [0.1, 0.15) is 99.3 Å². The first-order valence-electron chi connectivity index (χ1n) is 21.8. The second-order valence-corrected chi connectivity index (χ2v) is 18.6. The number of nitrogens with one attached hydrogen (secondary N) is 3. The molecule has 0 saturated heterocycles. The van der Waals surface area contributed by atoms with Gasteiger partial charge in [-0.15, -0.1) is 6.58 Å². The first-order chi connectivity index (χ1) is 28.5. The second kappa shape index (κ2) is 17.9. The minimum atomic E-state index is 0.0515. The predicted molar refractivity (Wildman–Crippen MR) is 269 cm³/mol. The van der Waals surface area contributed by atoms with Crippen LogP contribution in [0.3, 0.4) is 0 Å². The van der Waals surface area contributed by atoms with Gasteiger partial charge in [-0.05, 0) is 125 Å². The smallest absolute Gasteiger partial charge is 0.214 e. The standard InChI is InChI=1S/C56H66BN3/c1-15-21-49(36(6)7)59-44-34-50(58-43(18-4)19-5)53-51(35-44)60-54-47(32-40(37(16-2)17-3)33-48(54)57(53)14)52-45(38-24-28-41(29-25-38)55(8,9)10)22-20-23-46(52)39-26-30-42(31-27-39)56(11,12)13/h15-18,20-35,43,58-60H,2,4,19H2,1,3,5-14H3/b21-15-,37-17+. The molecule has 0 fully saturated rings. The van der Waals surface area contributed by atoms with Crippen LogP contribution in [0.4, 0.5) is 22.7 Å². The fraction of sp³-hybridized carbons (Fsp3) is 0.286. The predicted octanol–water partition coefficient (Wildman–Crippen LogP) is 14.8. The van der Waals surface area contributed by atoms with Crippen LogP contribution >= 0.6 is 0 Å². The van der Waals surface area contributed by atoms with Gasteiger partial charge in [-0.25, -0.2) is 0 Å². The number of rotatable bonds is 12. The van der Waals surface area contributed by atoms with Crippen molar-refractivity contribution in [2.45, 2.75) is 106 Å². The van der Waals surface area contributed by atoms with E-state index in [0.717, 1.165) is 51.6 Å². The third kappa shape index (κ3) is 9.04. The molecule has 3 nitrogen and oxygen atoms in total. The zero-order valence-corrected chi connectivity index (χ0v) is 38.3. The molecule has 3 N–H and O–H groups in total. The van der Waals surface area contributed by atoms with Crippen molar-refractivity contribution in [1.82, 2.24) is 0 Å². The summed E-state index contributed by atoms with van der Waals surface area (Å²) in [5.41, 5.74) is 21.3. The first kappa shape index (κ1) is 43.8. The van der Waals surface area contributed by atoms with E-state index in [2.05, 4.69) is 221 Å². The maximum absolute atomic E-state index is 4.27. The third-order valence-electron chi connectivity index (χ3n) is 12.0. The molecule has 0 aromatic heterocycles. The van der Waals surface area contributed by atoms with Gasteiger partial charge in [0.25, 0.3) is 0 Å². The van der Waals surface area contributed by atoms with Crippen LogP contribution < -0.4 is 26.9 Å². The molecule has 5 aromatic rings. The van der Waals surface area contributed by atoms with E-state index in [9.17, 15) is 0 Å². The maximum Gasteiger partial charge on any atom is 0.214 e. The largest absolute Gasteiger partial charge is 0.379 e. The molecular formula is C56H66BN3. The zero-order chi connectivity index (χ0) is 43.5. The summed E-state index contributed by atoms with van der Waals surface area (Å²) < 4.78 is 0. The van der Waals surface area contributed by atoms with Gasteiger partial charge < -0.3 is 16.0 Å². The van der Waals surface area contributed by atoms with Crippen LogP contribution in [0.2, 0.25) is 6.82 Å². The Morgan fingerprint density at radius 2 is 1.37 bits per heavy atom. The molecule has 60 heavy (non-hydrogen) atoms. The monoisotopic (exact) mass is 792 g/mol. The highest BCUT2D eigenvalue weighted by Gasteiger charge is 2.33. The Morgan fingerprint density at radius 1 is 0.783 bits per heavy atom. The van der Waals surface area contributed by atoms with E-state index in [4.69, 9.17) is 0 Å². The number of hydrogen-bond donors (Lipinski definition) is 3. The Bertz CT molecular complexity index is 2400. The molecule has 0 aliphatic carbocycles. The highest BCUT2D eigenvalue weighted by molar-refractivity contribution is 6.88. The molecule has 308 valence electrons. The fourth-order valence-electron chi connectivity index (χ4n) is 8.42. The van der Waals surface area contributed by atoms with Gasteiger partial charge >= 0.3 is 0 Å². The molecule has 6 rings (SSSR count). The van der Waals surface area contributed by atoms with Crippen molar-refractivity contribution in [1.29, 1.82) is 0 Å². The van der Waals surface area contributed by atoms with E-state index < -0.39 is 0 Å². The molecule has 1 heterocycles.